The van der Waals surface area contributed by atoms with Crippen molar-refractivity contribution in [3.05, 3.63) is 0 Å². The van der Waals surface area contributed by atoms with Crippen LogP contribution in [0.3, 0.4) is 0 Å². The summed E-state index contributed by atoms with van der Waals surface area (Å²) >= 11 is 5.53. The number of alkyl carbamates (subject to hydrolysis) is 1. The average molecular weight is 425 g/mol. The van der Waals surface area contributed by atoms with Crippen molar-refractivity contribution in [1.29, 1.82) is 0 Å². The fraction of sp³-hybridized carbons (Fsp3) is 0.895. The van der Waals surface area contributed by atoms with E-state index >= 15 is 0 Å². The summed E-state index contributed by atoms with van der Waals surface area (Å²) in [5.41, 5.74) is -0.484. The molecule has 2 N–H and O–H groups in total. The summed E-state index contributed by atoms with van der Waals surface area (Å²) < 4.78 is 21.4. The van der Waals surface area contributed by atoms with Gasteiger partial charge in [-0.15, -0.1) is 11.6 Å². The van der Waals surface area contributed by atoms with Crippen molar-refractivity contribution in [2.45, 2.75) is 52.1 Å². The molecule has 166 valence electrons. The van der Waals surface area contributed by atoms with Crippen molar-refractivity contribution >= 4 is 23.6 Å². The second-order valence-electron chi connectivity index (χ2n) is 7.12. The van der Waals surface area contributed by atoms with E-state index in [1.807, 2.05) is 20.8 Å². The fourth-order valence-corrected chi connectivity index (χ4v) is 2.07. The normalized spacial score (nSPS) is 11.3. The second kappa shape index (κ2) is 18.0. The van der Waals surface area contributed by atoms with Gasteiger partial charge in [0.2, 0.25) is 5.91 Å². The van der Waals surface area contributed by atoms with Gasteiger partial charge in [0, 0.05) is 38.6 Å². The average Bonchev–Trinajstić information content (AvgIpc) is 2.61. The fourth-order valence-electron chi connectivity index (χ4n) is 1.94. The van der Waals surface area contributed by atoms with E-state index in [-0.39, 0.29) is 5.91 Å². The summed E-state index contributed by atoms with van der Waals surface area (Å²) in [7, 11) is 0. The molecule has 0 aromatic carbocycles. The molecule has 0 saturated heterocycles. The summed E-state index contributed by atoms with van der Waals surface area (Å²) in [6.07, 6.45) is 2.25. The third-order valence-electron chi connectivity index (χ3n) is 3.20. The molecule has 0 aromatic heterocycles. The topological polar surface area (TPSA) is 95.1 Å². The lowest BCUT2D eigenvalue weighted by molar-refractivity contribution is -0.121. The SMILES string of the molecule is CC(C)(C)OC(=O)NCCCOCCOCCOCCCNC(=O)CCCCl. The minimum atomic E-state index is -0.484. The molecule has 0 spiro atoms. The van der Waals surface area contributed by atoms with Crippen LogP contribution in [0.1, 0.15) is 46.5 Å². The van der Waals surface area contributed by atoms with Gasteiger partial charge in [0.05, 0.1) is 26.4 Å². The number of hydrogen-bond donors (Lipinski definition) is 2. The first-order valence-electron chi connectivity index (χ1n) is 9.88. The molecule has 0 aromatic rings. The van der Waals surface area contributed by atoms with Crippen LogP contribution in [-0.4, -0.2) is 76.2 Å². The highest BCUT2D eigenvalue weighted by molar-refractivity contribution is 6.17. The Morgan fingerprint density at radius 1 is 0.786 bits per heavy atom. The summed E-state index contributed by atoms with van der Waals surface area (Å²) in [5.74, 6) is 0.539. The predicted molar refractivity (Wildman–Crippen MR) is 109 cm³/mol. The Kier molecular flexibility index (Phi) is 17.3. The Morgan fingerprint density at radius 2 is 1.29 bits per heavy atom. The molecule has 0 fully saturated rings. The molecule has 0 aliphatic rings. The van der Waals surface area contributed by atoms with E-state index in [9.17, 15) is 9.59 Å². The molecule has 9 heteroatoms. The van der Waals surface area contributed by atoms with Crippen molar-refractivity contribution in [3.8, 4) is 0 Å². The number of nitrogens with one attached hydrogen (secondary N) is 2. The van der Waals surface area contributed by atoms with Crippen molar-refractivity contribution in [3.63, 3.8) is 0 Å². The molecule has 0 aliphatic heterocycles. The highest BCUT2D eigenvalue weighted by atomic mass is 35.5. The summed E-state index contributed by atoms with van der Waals surface area (Å²) in [5, 5.41) is 5.49. The monoisotopic (exact) mass is 424 g/mol. The first-order valence-corrected chi connectivity index (χ1v) is 10.4. The van der Waals surface area contributed by atoms with E-state index in [1.165, 1.54) is 0 Å². The number of ether oxygens (including phenoxy) is 4. The van der Waals surface area contributed by atoms with Crippen molar-refractivity contribution in [2.75, 3.05) is 58.6 Å². The van der Waals surface area contributed by atoms with Crippen LogP contribution in [0, 0.1) is 0 Å². The zero-order valence-electron chi connectivity index (χ0n) is 17.5. The van der Waals surface area contributed by atoms with Crippen LogP contribution < -0.4 is 10.6 Å². The Bertz CT molecular complexity index is 404. The smallest absolute Gasteiger partial charge is 0.407 e. The zero-order chi connectivity index (χ0) is 21.1. The lowest BCUT2D eigenvalue weighted by Gasteiger charge is -2.19. The first kappa shape index (κ1) is 26.9. The summed E-state index contributed by atoms with van der Waals surface area (Å²) in [6.45, 7) is 9.75. The van der Waals surface area contributed by atoms with E-state index in [1.54, 1.807) is 0 Å². The van der Waals surface area contributed by atoms with Gasteiger partial charge in [-0.1, -0.05) is 0 Å². The Balaban J connectivity index is 3.20. The maximum absolute atomic E-state index is 11.4. The molecule has 0 rings (SSSR count). The number of amides is 2. The molecule has 0 bridgehead atoms. The molecule has 0 saturated carbocycles. The zero-order valence-corrected chi connectivity index (χ0v) is 18.3. The standard InChI is InChI=1S/C19H37ClN2O6/c1-19(2,3)28-18(24)22-10-6-12-26-14-16-27-15-13-25-11-5-9-21-17(23)7-4-8-20/h4-16H2,1-3H3,(H,21,23)(H,22,24). The largest absolute Gasteiger partial charge is 0.444 e. The molecule has 0 radical (unpaired) electrons. The number of alkyl halides is 1. The van der Waals surface area contributed by atoms with Crippen LogP contribution in [-0.2, 0) is 23.7 Å². The molecule has 8 nitrogen and oxygen atoms in total. The van der Waals surface area contributed by atoms with Crippen LogP contribution in [0.2, 0.25) is 0 Å². The third-order valence-corrected chi connectivity index (χ3v) is 3.47. The Morgan fingerprint density at radius 3 is 1.79 bits per heavy atom. The van der Waals surface area contributed by atoms with Crippen LogP contribution in [0.5, 0.6) is 0 Å². The molecule has 2 amide bonds. The second-order valence-corrected chi connectivity index (χ2v) is 7.49. The predicted octanol–water partition coefficient (Wildman–Crippen LogP) is 2.48. The van der Waals surface area contributed by atoms with Crippen LogP contribution in [0.25, 0.3) is 0 Å². The minimum absolute atomic E-state index is 0.0320. The molecular weight excluding hydrogens is 388 g/mol. The lowest BCUT2D eigenvalue weighted by Crippen LogP contribution is -2.33. The van der Waals surface area contributed by atoms with Gasteiger partial charge in [-0.3, -0.25) is 4.79 Å². The maximum Gasteiger partial charge on any atom is 0.407 e. The Hall–Kier alpha value is -1.09. The van der Waals surface area contributed by atoms with E-state index in [0.29, 0.717) is 77.9 Å². The quantitative estimate of drug-likeness (QED) is 0.275. The molecule has 0 unspecified atom stereocenters. The number of rotatable bonds is 17. The van der Waals surface area contributed by atoms with Gasteiger partial charge in [-0.25, -0.2) is 4.79 Å². The van der Waals surface area contributed by atoms with Crippen molar-refractivity contribution in [2.24, 2.45) is 0 Å². The van der Waals surface area contributed by atoms with E-state index < -0.39 is 11.7 Å². The summed E-state index contributed by atoms with van der Waals surface area (Å²) in [6, 6.07) is 0. The van der Waals surface area contributed by atoms with Gasteiger partial charge < -0.3 is 29.6 Å². The van der Waals surface area contributed by atoms with Gasteiger partial charge in [0.25, 0.3) is 0 Å². The van der Waals surface area contributed by atoms with Gasteiger partial charge in [0.15, 0.2) is 0 Å². The number of carbonyl (C=O) groups is 2. The lowest BCUT2D eigenvalue weighted by atomic mass is 10.2. The van der Waals surface area contributed by atoms with Gasteiger partial charge in [0.1, 0.15) is 5.60 Å². The third kappa shape index (κ3) is 21.2. The van der Waals surface area contributed by atoms with E-state index in [0.717, 1.165) is 6.42 Å². The van der Waals surface area contributed by atoms with Crippen LogP contribution in [0.15, 0.2) is 0 Å². The summed E-state index contributed by atoms with van der Waals surface area (Å²) in [4.78, 5) is 22.7. The molecule has 0 heterocycles. The Labute approximate surface area is 173 Å². The van der Waals surface area contributed by atoms with Crippen LogP contribution >= 0.6 is 11.6 Å². The van der Waals surface area contributed by atoms with E-state index in [2.05, 4.69) is 10.6 Å². The minimum Gasteiger partial charge on any atom is -0.444 e. The highest BCUT2D eigenvalue weighted by Gasteiger charge is 2.15. The molecule has 0 aliphatic carbocycles. The van der Waals surface area contributed by atoms with Crippen molar-refractivity contribution in [1.82, 2.24) is 10.6 Å². The molecular formula is C19H37ClN2O6. The number of carbonyl (C=O) groups excluding carboxylic acids is 2. The molecule has 0 atom stereocenters. The first-order chi connectivity index (χ1) is 13.3. The van der Waals surface area contributed by atoms with Crippen LogP contribution in [0.4, 0.5) is 4.79 Å². The number of halogens is 1. The highest BCUT2D eigenvalue weighted by Crippen LogP contribution is 2.06. The van der Waals surface area contributed by atoms with Crippen molar-refractivity contribution < 1.29 is 28.5 Å². The van der Waals surface area contributed by atoms with E-state index in [4.69, 9.17) is 30.5 Å². The van der Waals surface area contributed by atoms with Gasteiger partial charge in [-0.2, -0.15) is 0 Å². The van der Waals surface area contributed by atoms with Gasteiger partial charge in [-0.05, 0) is 40.0 Å². The maximum atomic E-state index is 11.4. The molecule has 28 heavy (non-hydrogen) atoms. The van der Waals surface area contributed by atoms with Gasteiger partial charge >= 0.3 is 6.09 Å². The number of hydrogen-bond acceptors (Lipinski definition) is 6.